The number of likely N-dealkylation sites (tertiary alicyclic amines) is 1. The maximum absolute atomic E-state index is 12.9. The van der Waals surface area contributed by atoms with E-state index in [1.165, 1.54) is 34.3 Å². The molecule has 1 saturated carbocycles. The molecule has 6 nitrogen and oxygen atoms in total. The highest BCUT2D eigenvalue weighted by Gasteiger charge is 2.75. The number of hydrogen-bond donors (Lipinski definition) is 2. The average molecular weight is 503 g/mol. The molecule has 2 aromatic carbocycles. The SMILES string of the molecule is CSc1ccc2c3c([nH]c2c1)C1Oc2c(O)ccc4c2C12CCN(CC1CC1)C(C4)C2(OC(C)=O)C3. The molecule has 3 heterocycles. The summed E-state index contributed by atoms with van der Waals surface area (Å²) in [5, 5.41) is 12.1. The molecule has 36 heavy (non-hydrogen) atoms. The molecule has 4 unspecified atom stereocenters. The molecule has 4 atom stereocenters. The highest BCUT2D eigenvalue weighted by Crippen LogP contribution is 2.70. The minimum absolute atomic E-state index is 0.0772. The van der Waals surface area contributed by atoms with Crippen molar-refractivity contribution in [1.29, 1.82) is 0 Å². The predicted octanol–water partition coefficient (Wildman–Crippen LogP) is 4.87. The second kappa shape index (κ2) is 7.01. The Hall–Kier alpha value is -2.64. The van der Waals surface area contributed by atoms with E-state index in [0.29, 0.717) is 12.2 Å². The molecule has 186 valence electrons. The fraction of sp³-hybridized carbons (Fsp3) is 0.483. The first-order valence-corrected chi connectivity index (χ1v) is 14.3. The Morgan fingerprint density at radius 2 is 2.17 bits per heavy atom. The van der Waals surface area contributed by atoms with Crippen molar-refractivity contribution in [1.82, 2.24) is 9.88 Å². The van der Waals surface area contributed by atoms with Crippen LogP contribution in [0.2, 0.25) is 0 Å². The van der Waals surface area contributed by atoms with E-state index in [-0.39, 0.29) is 23.9 Å². The fourth-order valence-corrected chi connectivity index (χ4v) is 8.59. The van der Waals surface area contributed by atoms with Gasteiger partial charge in [0.15, 0.2) is 17.6 Å². The number of hydrogen-bond acceptors (Lipinski definition) is 6. The third kappa shape index (κ3) is 2.51. The summed E-state index contributed by atoms with van der Waals surface area (Å²) in [7, 11) is 0. The van der Waals surface area contributed by atoms with Crippen LogP contribution in [0.25, 0.3) is 10.9 Å². The van der Waals surface area contributed by atoms with Gasteiger partial charge in [-0.3, -0.25) is 9.69 Å². The second-order valence-electron chi connectivity index (χ2n) is 11.4. The van der Waals surface area contributed by atoms with Gasteiger partial charge in [0.1, 0.15) is 5.60 Å². The molecule has 5 aliphatic rings. The van der Waals surface area contributed by atoms with Gasteiger partial charge in [-0.25, -0.2) is 0 Å². The van der Waals surface area contributed by atoms with Crippen molar-refractivity contribution in [2.45, 2.75) is 67.1 Å². The van der Waals surface area contributed by atoms with E-state index >= 15 is 0 Å². The molecule has 2 N–H and O–H groups in total. The van der Waals surface area contributed by atoms with E-state index < -0.39 is 11.0 Å². The maximum Gasteiger partial charge on any atom is 0.303 e. The summed E-state index contributed by atoms with van der Waals surface area (Å²) in [5.74, 6) is 1.27. The lowest BCUT2D eigenvalue weighted by atomic mass is 9.48. The van der Waals surface area contributed by atoms with Crippen LogP contribution in [-0.2, 0) is 27.8 Å². The smallest absolute Gasteiger partial charge is 0.303 e. The fourth-order valence-electron chi connectivity index (χ4n) is 8.15. The van der Waals surface area contributed by atoms with Crippen LogP contribution in [0, 0.1) is 5.92 Å². The summed E-state index contributed by atoms with van der Waals surface area (Å²) < 4.78 is 13.4. The van der Waals surface area contributed by atoms with Gasteiger partial charge >= 0.3 is 5.97 Å². The summed E-state index contributed by atoms with van der Waals surface area (Å²) in [6, 6.07) is 10.5. The lowest BCUT2D eigenvalue weighted by Crippen LogP contribution is -2.75. The zero-order valence-electron chi connectivity index (χ0n) is 20.6. The van der Waals surface area contributed by atoms with Crippen molar-refractivity contribution in [3.8, 4) is 11.5 Å². The van der Waals surface area contributed by atoms with Crippen LogP contribution in [0.15, 0.2) is 35.2 Å². The van der Waals surface area contributed by atoms with E-state index in [0.717, 1.165) is 48.6 Å². The molecule has 0 amide bonds. The normalized spacial score (nSPS) is 31.6. The molecule has 3 aliphatic carbocycles. The minimum Gasteiger partial charge on any atom is -0.504 e. The molecule has 0 radical (unpaired) electrons. The average Bonchev–Trinajstić information content (AvgIpc) is 3.50. The van der Waals surface area contributed by atoms with Crippen LogP contribution < -0.4 is 4.74 Å². The van der Waals surface area contributed by atoms with Gasteiger partial charge in [-0.2, -0.15) is 0 Å². The molecule has 2 aliphatic heterocycles. The number of carbonyl (C=O) groups is 1. The van der Waals surface area contributed by atoms with E-state index in [9.17, 15) is 9.90 Å². The van der Waals surface area contributed by atoms with Crippen molar-refractivity contribution < 1.29 is 19.4 Å². The van der Waals surface area contributed by atoms with Gasteiger partial charge < -0.3 is 19.6 Å². The number of fused-ring (bicyclic) bond motifs is 4. The largest absolute Gasteiger partial charge is 0.504 e. The Bertz CT molecular complexity index is 1460. The van der Waals surface area contributed by atoms with Gasteiger partial charge in [-0.1, -0.05) is 12.1 Å². The standard InChI is InChI=1S/C29H30N2O4S/c1-15(32)35-29-13-20-19-7-6-18(36-2)12-21(19)30-25(20)27-28(29)9-10-31(14-16-3-4-16)23(29)11-17-5-8-22(33)26(34-27)24(17)28/h5-8,12,16,23,27,30,33H,3-4,9-11,13-14H2,1-2H3. The molecule has 2 bridgehead atoms. The molecule has 1 spiro atoms. The summed E-state index contributed by atoms with van der Waals surface area (Å²) in [4.78, 5) is 20.4. The van der Waals surface area contributed by atoms with Crippen LogP contribution in [0.5, 0.6) is 11.5 Å². The molecule has 2 fully saturated rings. The quantitative estimate of drug-likeness (QED) is 0.392. The van der Waals surface area contributed by atoms with Crippen molar-refractivity contribution >= 4 is 28.6 Å². The lowest BCUT2D eigenvalue weighted by molar-refractivity contribution is -0.208. The minimum atomic E-state index is -0.747. The maximum atomic E-state index is 12.9. The molecule has 1 aromatic heterocycles. The number of esters is 1. The number of benzene rings is 2. The third-order valence-corrected chi connectivity index (χ3v) is 10.4. The van der Waals surface area contributed by atoms with Crippen LogP contribution in [-0.4, -0.2) is 51.9 Å². The number of nitrogens with one attached hydrogen (secondary N) is 1. The van der Waals surface area contributed by atoms with Crippen molar-refractivity contribution in [2.24, 2.45) is 5.92 Å². The number of nitrogens with zero attached hydrogens (tertiary/aromatic N) is 1. The van der Waals surface area contributed by atoms with Gasteiger partial charge in [0, 0.05) is 41.3 Å². The first-order chi connectivity index (χ1) is 17.4. The first kappa shape index (κ1) is 21.4. The number of aromatic amines is 1. The Morgan fingerprint density at radius 3 is 2.94 bits per heavy atom. The lowest BCUT2D eigenvalue weighted by Gasteiger charge is -2.63. The van der Waals surface area contributed by atoms with Crippen molar-refractivity contribution in [3.05, 3.63) is 52.7 Å². The Kier molecular flexibility index (Phi) is 4.18. The number of H-pyrrole nitrogens is 1. The number of rotatable bonds is 4. The molecule has 7 heteroatoms. The van der Waals surface area contributed by atoms with Crippen LogP contribution in [0.1, 0.15) is 54.7 Å². The monoisotopic (exact) mass is 502 g/mol. The van der Waals surface area contributed by atoms with Crippen LogP contribution in [0.3, 0.4) is 0 Å². The highest BCUT2D eigenvalue weighted by molar-refractivity contribution is 7.98. The van der Waals surface area contributed by atoms with Crippen molar-refractivity contribution in [2.75, 3.05) is 19.3 Å². The van der Waals surface area contributed by atoms with Gasteiger partial charge in [0.25, 0.3) is 0 Å². The summed E-state index contributed by atoms with van der Waals surface area (Å²) in [6.45, 7) is 3.56. The van der Waals surface area contributed by atoms with Gasteiger partial charge in [0.05, 0.1) is 17.2 Å². The molecule has 3 aromatic rings. The molecular formula is C29H30N2O4S. The first-order valence-electron chi connectivity index (χ1n) is 13.1. The highest BCUT2D eigenvalue weighted by atomic mass is 32.2. The molecule has 1 saturated heterocycles. The van der Waals surface area contributed by atoms with E-state index in [1.54, 1.807) is 24.8 Å². The zero-order chi connectivity index (χ0) is 24.4. The number of phenolic OH excluding ortho intramolecular Hbond substituents is 1. The third-order valence-electron chi connectivity index (χ3n) is 9.66. The summed E-state index contributed by atoms with van der Waals surface area (Å²) in [6.07, 6.45) is 6.63. The van der Waals surface area contributed by atoms with E-state index in [1.807, 2.05) is 0 Å². The zero-order valence-corrected chi connectivity index (χ0v) is 21.4. The number of piperidine rings is 1. The molecule has 8 rings (SSSR count). The number of carbonyl (C=O) groups excluding carboxylic acids is 1. The Labute approximate surface area is 214 Å². The molecular weight excluding hydrogens is 472 g/mol. The number of phenols is 1. The van der Waals surface area contributed by atoms with Gasteiger partial charge in [-0.05, 0) is 73.7 Å². The summed E-state index contributed by atoms with van der Waals surface area (Å²) >= 11 is 1.73. The van der Waals surface area contributed by atoms with E-state index in [4.69, 9.17) is 9.47 Å². The Balaban J connectivity index is 1.43. The number of aromatic nitrogens is 1. The topological polar surface area (TPSA) is 74.8 Å². The van der Waals surface area contributed by atoms with Crippen LogP contribution >= 0.6 is 11.8 Å². The van der Waals surface area contributed by atoms with Gasteiger partial charge in [0.2, 0.25) is 0 Å². The predicted molar refractivity (Wildman–Crippen MR) is 138 cm³/mol. The summed E-state index contributed by atoms with van der Waals surface area (Å²) in [5.41, 5.74) is 4.38. The number of ether oxygens (including phenoxy) is 2. The Morgan fingerprint density at radius 1 is 1.31 bits per heavy atom. The number of thioether (sulfide) groups is 1. The van der Waals surface area contributed by atoms with Crippen molar-refractivity contribution in [3.63, 3.8) is 0 Å². The number of aromatic hydroxyl groups is 1. The second-order valence-corrected chi connectivity index (χ2v) is 12.3. The van der Waals surface area contributed by atoms with Gasteiger partial charge in [-0.15, -0.1) is 11.8 Å². The van der Waals surface area contributed by atoms with E-state index in [2.05, 4.69) is 40.4 Å². The van der Waals surface area contributed by atoms with Crippen LogP contribution in [0.4, 0.5) is 0 Å².